The summed E-state index contributed by atoms with van der Waals surface area (Å²) in [6.07, 6.45) is 2.27. The van der Waals surface area contributed by atoms with E-state index in [4.69, 9.17) is 14.5 Å². The molecule has 8 heteroatoms. The van der Waals surface area contributed by atoms with Gasteiger partial charge in [0.1, 0.15) is 12.4 Å². The molecule has 0 radical (unpaired) electrons. The second kappa shape index (κ2) is 8.93. The number of fused-ring (bicyclic) bond motifs is 1. The number of ether oxygens (including phenoxy) is 2. The second-order valence-electron chi connectivity index (χ2n) is 8.08. The number of carbonyl (C=O) groups excluding carboxylic acids is 1. The minimum atomic E-state index is -0.123. The molecule has 2 aliphatic heterocycles. The van der Waals surface area contributed by atoms with Crippen LogP contribution in [0, 0.1) is 0 Å². The summed E-state index contributed by atoms with van der Waals surface area (Å²) in [4.78, 5) is 37.1. The van der Waals surface area contributed by atoms with Crippen LogP contribution < -0.4 is 15.2 Å². The van der Waals surface area contributed by atoms with E-state index in [0.717, 1.165) is 0 Å². The Bertz CT molecular complexity index is 1010. The number of nitrogens with zero attached hydrogens (tertiary/aromatic N) is 3. The maximum Gasteiger partial charge on any atom is 0.255 e. The van der Waals surface area contributed by atoms with Gasteiger partial charge in [0.25, 0.3) is 11.5 Å². The summed E-state index contributed by atoms with van der Waals surface area (Å²) in [5.41, 5.74) is 1.78. The van der Waals surface area contributed by atoms with Gasteiger partial charge < -0.3 is 19.3 Å². The van der Waals surface area contributed by atoms with Crippen LogP contribution in [0.1, 0.15) is 35.5 Å². The fourth-order valence-corrected chi connectivity index (χ4v) is 4.13. The lowest BCUT2D eigenvalue weighted by molar-refractivity contribution is -0.00575. The molecular weight excluding hydrogens is 396 g/mol. The van der Waals surface area contributed by atoms with Crippen LogP contribution in [0.2, 0.25) is 0 Å². The van der Waals surface area contributed by atoms with Crippen LogP contribution >= 0.6 is 0 Å². The van der Waals surface area contributed by atoms with E-state index in [2.05, 4.69) is 11.6 Å². The van der Waals surface area contributed by atoms with E-state index in [1.54, 1.807) is 35.2 Å². The van der Waals surface area contributed by atoms with Crippen LogP contribution in [0.15, 0.2) is 41.7 Å². The number of benzene rings is 1. The van der Waals surface area contributed by atoms with Gasteiger partial charge in [-0.1, -0.05) is 12.7 Å². The Balaban J connectivity index is 1.52. The summed E-state index contributed by atoms with van der Waals surface area (Å²) in [7, 11) is 0. The Kier molecular flexibility index (Phi) is 6.08. The number of nitrogens with one attached hydrogen (secondary N) is 1. The smallest absolute Gasteiger partial charge is 0.255 e. The SMILES string of the molecule is C=CCOc1ccc(C(=O)N2CCc3c(nc(N4C[C@H](C)O[C@@H](C)C4)[nH]c3=O)C2)cc1. The van der Waals surface area contributed by atoms with E-state index in [-0.39, 0.29) is 23.7 Å². The van der Waals surface area contributed by atoms with Gasteiger partial charge in [0.05, 0.1) is 24.4 Å². The van der Waals surface area contributed by atoms with E-state index in [9.17, 15) is 9.59 Å². The van der Waals surface area contributed by atoms with Gasteiger partial charge in [-0.15, -0.1) is 0 Å². The van der Waals surface area contributed by atoms with Gasteiger partial charge in [-0.25, -0.2) is 4.98 Å². The fourth-order valence-electron chi connectivity index (χ4n) is 4.13. The standard InChI is InChI=1S/C23H28N4O4/c1-4-11-30-18-7-5-17(6-8-18)22(29)26-10-9-19-20(14-26)24-23(25-21(19)28)27-12-15(2)31-16(3)13-27/h4-8,15-16H,1,9-14H2,2-3H3,(H,24,25,28)/t15-,16-/m0/s1. The third kappa shape index (κ3) is 4.64. The van der Waals surface area contributed by atoms with E-state index in [1.807, 2.05) is 18.7 Å². The van der Waals surface area contributed by atoms with E-state index < -0.39 is 0 Å². The summed E-state index contributed by atoms with van der Waals surface area (Å²) in [6.45, 7) is 10.2. The number of carbonyl (C=O) groups is 1. The number of H-pyrrole nitrogens is 1. The molecule has 8 nitrogen and oxygen atoms in total. The highest BCUT2D eigenvalue weighted by Crippen LogP contribution is 2.21. The number of amides is 1. The first-order chi connectivity index (χ1) is 14.9. The molecule has 0 spiro atoms. The largest absolute Gasteiger partial charge is 0.490 e. The van der Waals surface area contributed by atoms with Crippen LogP contribution in [0.3, 0.4) is 0 Å². The zero-order valence-corrected chi connectivity index (χ0v) is 18.0. The molecule has 0 unspecified atom stereocenters. The first-order valence-electron chi connectivity index (χ1n) is 10.6. The number of aromatic amines is 1. The van der Waals surface area contributed by atoms with Crippen molar-refractivity contribution >= 4 is 11.9 Å². The number of aromatic nitrogens is 2. The number of anilines is 1. The summed E-state index contributed by atoms with van der Waals surface area (Å²) in [6, 6.07) is 7.06. The highest BCUT2D eigenvalue weighted by Gasteiger charge is 2.28. The van der Waals surface area contributed by atoms with Crippen molar-refractivity contribution in [2.45, 2.75) is 39.0 Å². The summed E-state index contributed by atoms with van der Waals surface area (Å²) in [5.74, 6) is 1.15. The predicted octanol–water partition coefficient (Wildman–Crippen LogP) is 2.15. The lowest BCUT2D eigenvalue weighted by Crippen LogP contribution is -2.47. The van der Waals surface area contributed by atoms with E-state index in [1.165, 1.54) is 0 Å². The molecule has 1 saturated heterocycles. The summed E-state index contributed by atoms with van der Waals surface area (Å²) in [5, 5.41) is 0. The Morgan fingerprint density at radius 1 is 1.29 bits per heavy atom. The highest BCUT2D eigenvalue weighted by atomic mass is 16.5. The molecule has 1 aromatic carbocycles. The van der Waals surface area contributed by atoms with E-state index in [0.29, 0.717) is 67.7 Å². The fraction of sp³-hybridized carbons (Fsp3) is 0.435. The van der Waals surface area contributed by atoms with Crippen molar-refractivity contribution in [2.24, 2.45) is 0 Å². The summed E-state index contributed by atoms with van der Waals surface area (Å²) >= 11 is 0. The minimum absolute atomic E-state index is 0.0570. The monoisotopic (exact) mass is 424 g/mol. The Labute approximate surface area is 181 Å². The van der Waals surface area contributed by atoms with Gasteiger partial charge in [0.15, 0.2) is 0 Å². The highest BCUT2D eigenvalue weighted by molar-refractivity contribution is 5.94. The van der Waals surface area contributed by atoms with Crippen LogP contribution in [-0.2, 0) is 17.7 Å². The van der Waals surface area contributed by atoms with Crippen molar-refractivity contribution in [3.8, 4) is 5.75 Å². The van der Waals surface area contributed by atoms with Gasteiger partial charge in [0, 0.05) is 30.8 Å². The van der Waals surface area contributed by atoms with Crippen molar-refractivity contribution in [3.63, 3.8) is 0 Å². The zero-order valence-electron chi connectivity index (χ0n) is 18.0. The minimum Gasteiger partial charge on any atom is -0.490 e. The lowest BCUT2D eigenvalue weighted by atomic mass is 10.1. The molecule has 1 amide bonds. The Morgan fingerprint density at radius 3 is 2.68 bits per heavy atom. The van der Waals surface area contributed by atoms with Crippen LogP contribution in [0.25, 0.3) is 0 Å². The van der Waals surface area contributed by atoms with Crippen molar-refractivity contribution in [2.75, 3.05) is 31.1 Å². The Hall–Kier alpha value is -3.13. The van der Waals surface area contributed by atoms with Crippen LogP contribution in [0.5, 0.6) is 5.75 Å². The molecule has 1 N–H and O–H groups in total. The molecule has 2 aliphatic rings. The predicted molar refractivity (Wildman–Crippen MR) is 118 cm³/mol. The number of morpholine rings is 1. The number of rotatable bonds is 5. The van der Waals surface area contributed by atoms with Crippen molar-refractivity contribution in [1.29, 1.82) is 0 Å². The molecule has 164 valence electrons. The van der Waals surface area contributed by atoms with Gasteiger partial charge in [-0.3, -0.25) is 14.6 Å². The van der Waals surface area contributed by atoms with Gasteiger partial charge in [-0.05, 0) is 44.5 Å². The van der Waals surface area contributed by atoms with Gasteiger partial charge in [-0.2, -0.15) is 0 Å². The van der Waals surface area contributed by atoms with Gasteiger partial charge in [0.2, 0.25) is 5.95 Å². The van der Waals surface area contributed by atoms with Crippen molar-refractivity contribution in [1.82, 2.24) is 14.9 Å². The third-order valence-corrected chi connectivity index (χ3v) is 5.54. The summed E-state index contributed by atoms with van der Waals surface area (Å²) < 4.78 is 11.3. The molecule has 1 aromatic heterocycles. The molecule has 0 saturated carbocycles. The second-order valence-corrected chi connectivity index (χ2v) is 8.08. The van der Waals surface area contributed by atoms with Crippen LogP contribution in [0.4, 0.5) is 5.95 Å². The molecule has 4 rings (SSSR count). The normalized spacial score (nSPS) is 20.8. The molecular formula is C23H28N4O4. The van der Waals surface area contributed by atoms with E-state index >= 15 is 0 Å². The number of hydrogen-bond acceptors (Lipinski definition) is 6. The first-order valence-corrected chi connectivity index (χ1v) is 10.6. The average molecular weight is 425 g/mol. The van der Waals surface area contributed by atoms with Gasteiger partial charge >= 0.3 is 0 Å². The zero-order chi connectivity index (χ0) is 22.0. The maximum absolute atomic E-state index is 13.0. The topological polar surface area (TPSA) is 87.8 Å². The van der Waals surface area contributed by atoms with Crippen LogP contribution in [-0.4, -0.2) is 59.2 Å². The molecule has 3 heterocycles. The third-order valence-electron chi connectivity index (χ3n) is 5.54. The average Bonchev–Trinajstić information content (AvgIpc) is 2.76. The maximum atomic E-state index is 13.0. The molecule has 1 fully saturated rings. The number of hydrogen-bond donors (Lipinski definition) is 1. The molecule has 2 aromatic rings. The molecule has 31 heavy (non-hydrogen) atoms. The van der Waals surface area contributed by atoms with Crippen molar-refractivity contribution < 1.29 is 14.3 Å². The quantitative estimate of drug-likeness (QED) is 0.740. The molecule has 2 atom stereocenters. The molecule has 0 bridgehead atoms. The first kappa shape index (κ1) is 21.1. The Morgan fingerprint density at radius 2 is 2.00 bits per heavy atom. The molecule has 0 aliphatic carbocycles. The van der Waals surface area contributed by atoms with Crippen molar-refractivity contribution in [3.05, 3.63) is 64.1 Å². The lowest BCUT2D eigenvalue weighted by Gasteiger charge is -2.36.